The van der Waals surface area contributed by atoms with Gasteiger partial charge in [0.05, 0.1) is 12.5 Å². The molecular formula is C14H15N7O3. The zero-order valence-electron chi connectivity index (χ0n) is 13.3. The first-order valence-corrected chi connectivity index (χ1v) is 7.12. The lowest BCUT2D eigenvalue weighted by Crippen LogP contribution is -2.30. The van der Waals surface area contributed by atoms with Crippen LogP contribution in [0.1, 0.15) is 23.0 Å². The second-order valence-electron chi connectivity index (χ2n) is 5.13. The number of carbonyl (C=O) groups excluding carboxylic acids is 2. The standard InChI is InChI=1S/C14H15N7O3/c1-7-9(4-19-21(7)3)14(23)24-8(2)13(22)20-12-10-11(16-5-15-10)17-6-18-12/h4-6,8H,1-3H3,(H2,15,16,17,18,20,22)/t8-/m1/s1. The monoisotopic (exact) mass is 329 g/mol. The lowest BCUT2D eigenvalue weighted by molar-refractivity contribution is -0.123. The van der Waals surface area contributed by atoms with Crippen molar-refractivity contribution in [3.05, 3.63) is 30.1 Å². The molecule has 0 aliphatic heterocycles. The molecule has 0 fully saturated rings. The Hall–Kier alpha value is -3.30. The molecule has 3 heterocycles. The average molecular weight is 329 g/mol. The number of esters is 1. The van der Waals surface area contributed by atoms with Gasteiger partial charge < -0.3 is 15.0 Å². The Balaban J connectivity index is 1.70. The van der Waals surface area contributed by atoms with E-state index in [-0.39, 0.29) is 5.82 Å². The maximum absolute atomic E-state index is 12.2. The Labute approximate surface area is 136 Å². The summed E-state index contributed by atoms with van der Waals surface area (Å²) in [6.07, 6.45) is 3.13. The van der Waals surface area contributed by atoms with Gasteiger partial charge in [-0.05, 0) is 13.8 Å². The van der Waals surface area contributed by atoms with Gasteiger partial charge in [0.15, 0.2) is 17.6 Å². The van der Waals surface area contributed by atoms with Crippen molar-refractivity contribution in [2.75, 3.05) is 5.32 Å². The van der Waals surface area contributed by atoms with Crippen LogP contribution in [0.3, 0.4) is 0 Å². The van der Waals surface area contributed by atoms with Crippen LogP contribution < -0.4 is 5.32 Å². The number of carbonyl (C=O) groups is 2. The van der Waals surface area contributed by atoms with E-state index in [4.69, 9.17) is 4.74 Å². The average Bonchev–Trinajstić information content (AvgIpc) is 3.15. The number of ether oxygens (including phenoxy) is 1. The predicted octanol–water partition coefficient (Wildman–Crippen LogP) is 0.579. The maximum Gasteiger partial charge on any atom is 0.342 e. The molecule has 3 aromatic rings. The Morgan fingerprint density at radius 3 is 2.83 bits per heavy atom. The third-order valence-electron chi connectivity index (χ3n) is 3.57. The van der Waals surface area contributed by atoms with Gasteiger partial charge in [-0.15, -0.1) is 0 Å². The number of hydrogen-bond acceptors (Lipinski definition) is 7. The van der Waals surface area contributed by atoms with Gasteiger partial charge in [-0.1, -0.05) is 0 Å². The fourth-order valence-corrected chi connectivity index (χ4v) is 2.05. The van der Waals surface area contributed by atoms with Gasteiger partial charge in [-0.25, -0.2) is 19.7 Å². The number of rotatable bonds is 4. The van der Waals surface area contributed by atoms with Crippen molar-refractivity contribution in [3.63, 3.8) is 0 Å². The molecule has 3 rings (SSSR count). The summed E-state index contributed by atoms with van der Waals surface area (Å²) in [7, 11) is 1.72. The maximum atomic E-state index is 12.2. The van der Waals surface area contributed by atoms with Crippen LogP contribution in [0.2, 0.25) is 0 Å². The SMILES string of the molecule is Cc1c(C(=O)O[C@H](C)C(=O)Nc2ncnc3nc[nH]c23)cnn1C. The molecule has 24 heavy (non-hydrogen) atoms. The van der Waals surface area contributed by atoms with E-state index in [1.54, 1.807) is 18.7 Å². The van der Waals surface area contributed by atoms with E-state index in [0.29, 0.717) is 22.4 Å². The summed E-state index contributed by atoms with van der Waals surface area (Å²) in [6, 6.07) is 0. The summed E-state index contributed by atoms with van der Waals surface area (Å²) in [5.41, 5.74) is 1.89. The van der Waals surface area contributed by atoms with Crippen LogP contribution in [0.25, 0.3) is 11.2 Å². The van der Waals surface area contributed by atoms with E-state index in [9.17, 15) is 9.59 Å². The van der Waals surface area contributed by atoms with Crippen molar-refractivity contribution < 1.29 is 14.3 Å². The molecular weight excluding hydrogens is 314 g/mol. The largest absolute Gasteiger partial charge is 0.449 e. The second kappa shape index (κ2) is 6.07. The van der Waals surface area contributed by atoms with E-state index in [0.717, 1.165) is 0 Å². The van der Waals surface area contributed by atoms with E-state index < -0.39 is 18.0 Å². The van der Waals surface area contributed by atoms with Gasteiger partial charge in [0.1, 0.15) is 17.4 Å². The number of nitrogens with one attached hydrogen (secondary N) is 2. The van der Waals surface area contributed by atoms with E-state index >= 15 is 0 Å². The number of hydrogen-bond donors (Lipinski definition) is 2. The Bertz CT molecular complexity index is 914. The van der Waals surface area contributed by atoms with Crippen molar-refractivity contribution in [3.8, 4) is 0 Å². The van der Waals surface area contributed by atoms with Crippen molar-refractivity contribution in [2.45, 2.75) is 20.0 Å². The highest BCUT2D eigenvalue weighted by Gasteiger charge is 2.22. The lowest BCUT2D eigenvalue weighted by Gasteiger charge is -2.13. The minimum Gasteiger partial charge on any atom is -0.449 e. The highest BCUT2D eigenvalue weighted by atomic mass is 16.5. The predicted molar refractivity (Wildman–Crippen MR) is 83.1 cm³/mol. The minimum atomic E-state index is -1.01. The summed E-state index contributed by atoms with van der Waals surface area (Å²) < 4.78 is 6.74. The first-order valence-electron chi connectivity index (χ1n) is 7.12. The van der Waals surface area contributed by atoms with Gasteiger partial charge in [-0.3, -0.25) is 9.48 Å². The number of nitrogens with zero attached hydrogens (tertiary/aromatic N) is 5. The zero-order chi connectivity index (χ0) is 17.3. The van der Waals surface area contributed by atoms with Crippen LogP contribution in [0.5, 0.6) is 0 Å². The lowest BCUT2D eigenvalue weighted by atomic mass is 10.2. The van der Waals surface area contributed by atoms with E-state index in [1.165, 1.54) is 25.8 Å². The van der Waals surface area contributed by atoms with Crippen molar-refractivity contribution >= 4 is 28.9 Å². The number of aryl methyl sites for hydroxylation is 1. The third kappa shape index (κ3) is 2.81. The van der Waals surface area contributed by atoms with E-state index in [1.807, 2.05) is 0 Å². The van der Waals surface area contributed by atoms with Crippen molar-refractivity contribution in [1.82, 2.24) is 29.7 Å². The number of imidazole rings is 1. The van der Waals surface area contributed by atoms with Gasteiger partial charge in [0, 0.05) is 12.7 Å². The van der Waals surface area contributed by atoms with Crippen LogP contribution in [-0.4, -0.2) is 47.7 Å². The van der Waals surface area contributed by atoms with Gasteiger partial charge in [0.25, 0.3) is 5.91 Å². The first kappa shape index (κ1) is 15.6. The minimum absolute atomic E-state index is 0.267. The molecule has 3 aromatic heterocycles. The Morgan fingerprint density at radius 2 is 2.12 bits per heavy atom. The van der Waals surface area contributed by atoms with Crippen LogP contribution >= 0.6 is 0 Å². The fourth-order valence-electron chi connectivity index (χ4n) is 2.05. The molecule has 0 unspecified atom stereocenters. The molecule has 1 amide bonds. The highest BCUT2D eigenvalue weighted by molar-refractivity contribution is 6.00. The zero-order valence-corrected chi connectivity index (χ0v) is 13.3. The molecule has 0 saturated carbocycles. The molecule has 0 aromatic carbocycles. The summed E-state index contributed by atoms with van der Waals surface area (Å²) >= 11 is 0. The fraction of sp³-hybridized carbons (Fsp3) is 0.286. The van der Waals surface area contributed by atoms with Gasteiger partial charge in [0.2, 0.25) is 0 Å². The molecule has 0 aliphatic rings. The number of H-pyrrole nitrogens is 1. The number of anilines is 1. The second-order valence-corrected chi connectivity index (χ2v) is 5.13. The number of amides is 1. The Kier molecular flexibility index (Phi) is 3.94. The topological polar surface area (TPSA) is 128 Å². The molecule has 10 nitrogen and oxygen atoms in total. The summed E-state index contributed by atoms with van der Waals surface area (Å²) in [5.74, 6) is -0.861. The molecule has 1 atom stereocenters. The van der Waals surface area contributed by atoms with Gasteiger partial charge in [-0.2, -0.15) is 5.10 Å². The number of aromatic nitrogens is 6. The van der Waals surface area contributed by atoms with Crippen LogP contribution in [0, 0.1) is 6.92 Å². The number of aromatic amines is 1. The molecule has 10 heteroatoms. The summed E-state index contributed by atoms with van der Waals surface area (Å²) in [4.78, 5) is 39.1. The number of fused-ring (bicyclic) bond motifs is 1. The van der Waals surface area contributed by atoms with Crippen LogP contribution in [-0.2, 0) is 16.6 Å². The quantitative estimate of drug-likeness (QED) is 0.670. The molecule has 0 spiro atoms. The molecule has 0 bridgehead atoms. The normalized spacial score (nSPS) is 12.1. The smallest absolute Gasteiger partial charge is 0.342 e. The summed E-state index contributed by atoms with van der Waals surface area (Å²) in [5, 5.41) is 6.56. The van der Waals surface area contributed by atoms with E-state index in [2.05, 4.69) is 30.4 Å². The molecule has 2 N–H and O–H groups in total. The summed E-state index contributed by atoms with van der Waals surface area (Å²) in [6.45, 7) is 3.22. The van der Waals surface area contributed by atoms with Crippen LogP contribution in [0.15, 0.2) is 18.9 Å². The Morgan fingerprint density at radius 1 is 1.33 bits per heavy atom. The third-order valence-corrected chi connectivity index (χ3v) is 3.57. The molecule has 0 saturated heterocycles. The van der Waals surface area contributed by atoms with Crippen molar-refractivity contribution in [1.29, 1.82) is 0 Å². The molecule has 124 valence electrons. The molecule has 0 aliphatic carbocycles. The first-order chi connectivity index (χ1) is 11.5. The van der Waals surface area contributed by atoms with Crippen LogP contribution in [0.4, 0.5) is 5.82 Å². The molecule has 0 radical (unpaired) electrons. The van der Waals surface area contributed by atoms with Crippen molar-refractivity contribution in [2.24, 2.45) is 7.05 Å². The van der Waals surface area contributed by atoms with Gasteiger partial charge >= 0.3 is 5.97 Å². The highest BCUT2D eigenvalue weighted by Crippen LogP contribution is 2.15.